The minimum atomic E-state index is -0.204. The van der Waals surface area contributed by atoms with E-state index in [1.165, 1.54) is 6.07 Å². The topological polar surface area (TPSA) is 29.1 Å². The summed E-state index contributed by atoms with van der Waals surface area (Å²) < 4.78 is 13.5. The third-order valence-electron chi connectivity index (χ3n) is 3.45. The molecular weight excluding hydrogens is 265 g/mol. The van der Waals surface area contributed by atoms with Crippen LogP contribution in [0.3, 0.4) is 0 Å². The fourth-order valence-electron chi connectivity index (χ4n) is 2.23. The van der Waals surface area contributed by atoms with E-state index in [0.29, 0.717) is 17.7 Å². The third-order valence-corrected chi connectivity index (χ3v) is 3.45. The van der Waals surface area contributed by atoms with Gasteiger partial charge in [0.15, 0.2) is 6.29 Å². The highest BCUT2D eigenvalue weighted by atomic mass is 19.1. The van der Waals surface area contributed by atoms with E-state index in [9.17, 15) is 9.18 Å². The van der Waals surface area contributed by atoms with E-state index in [-0.39, 0.29) is 5.82 Å². The average molecular weight is 283 g/mol. The maximum Gasteiger partial charge on any atom is 0.150 e. The van der Waals surface area contributed by atoms with E-state index in [4.69, 9.17) is 0 Å². The monoisotopic (exact) mass is 283 g/mol. The van der Waals surface area contributed by atoms with E-state index in [1.54, 1.807) is 19.1 Å². The molecule has 2 aromatic rings. The smallest absolute Gasteiger partial charge is 0.150 e. The molecule has 0 aliphatic rings. The van der Waals surface area contributed by atoms with Gasteiger partial charge in [-0.25, -0.2) is 4.39 Å². The Morgan fingerprint density at radius 3 is 2.67 bits per heavy atom. The predicted molar refractivity (Wildman–Crippen MR) is 85.0 cm³/mol. The van der Waals surface area contributed by atoms with Gasteiger partial charge in [-0.15, -0.1) is 0 Å². The standard InChI is InChI=1S/C18H18FNO/c1-3-6-16-15(12-21)8-5-10-18(16)20-11-14-7-4-9-17(19)13(14)2/h3-10,12,20H,11H2,1-2H3/b6-3-. The van der Waals surface area contributed by atoms with E-state index in [1.807, 2.05) is 37.3 Å². The summed E-state index contributed by atoms with van der Waals surface area (Å²) in [5, 5.41) is 3.28. The highest BCUT2D eigenvalue weighted by molar-refractivity contribution is 5.86. The molecule has 108 valence electrons. The van der Waals surface area contributed by atoms with Crippen LogP contribution >= 0.6 is 0 Å². The minimum Gasteiger partial charge on any atom is -0.380 e. The molecule has 0 atom stereocenters. The lowest BCUT2D eigenvalue weighted by atomic mass is 10.0. The Morgan fingerprint density at radius 1 is 1.19 bits per heavy atom. The minimum absolute atomic E-state index is 0.204. The van der Waals surface area contributed by atoms with Gasteiger partial charge < -0.3 is 5.32 Å². The first-order valence-electron chi connectivity index (χ1n) is 6.86. The van der Waals surface area contributed by atoms with Gasteiger partial charge in [-0.3, -0.25) is 4.79 Å². The second kappa shape index (κ2) is 6.84. The molecule has 0 radical (unpaired) electrons. The average Bonchev–Trinajstić information content (AvgIpc) is 2.50. The highest BCUT2D eigenvalue weighted by Gasteiger charge is 2.07. The summed E-state index contributed by atoms with van der Waals surface area (Å²) in [6.07, 6.45) is 4.62. The molecule has 0 saturated heterocycles. The number of hydrogen-bond acceptors (Lipinski definition) is 2. The quantitative estimate of drug-likeness (QED) is 0.813. The van der Waals surface area contributed by atoms with Crippen LogP contribution < -0.4 is 5.32 Å². The van der Waals surface area contributed by atoms with Crippen LogP contribution in [0.5, 0.6) is 0 Å². The van der Waals surface area contributed by atoms with Crippen molar-refractivity contribution in [3.63, 3.8) is 0 Å². The lowest BCUT2D eigenvalue weighted by Crippen LogP contribution is -2.04. The Labute approximate surface area is 124 Å². The van der Waals surface area contributed by atoms with Crippen molar-refractivity contribution in [1.82, 2.24) is 0 Å². The predicted octanol–water partition coefficient (Wildman–Crippen LogP) is 4.59. The molecule has 2 aromatic carbocycles. The summed E-state index contributed by atoms with van der Waals surface area (Å²) in [6.45, 7) is 4.18. The number of nitrogens with one attached hydrogen (secondary N) is 1. The molecule has 3 heteroatoms. The molecule has 0 aromatic heterocycles. The van der Waals surface area contributed by atoms with Crippen molar-refractivity contribution in [2.24, 2.45) is 0 Å². The zero-order valence-electron chi connectivity index (χ0n) is 12.2. The number of aldehydes is 1. The number of halogens is 1. The molecule has 0 spiro atoms. The van der Waals surface area contributed by atoms with Crippen molar-refractivity contribution >= 4 is 18.0 Å². The second-order valence-corrected chi connectivity index (χ2v) is 4.80. The maximum atomic E-state index is 13.5. The normalized spacial score (nSPS) is 10.8. The van der Waals surface area contributed by atoms with E-state index in [0.717, 1.165) is 23.1 Å². The number of benzene rings is 2. The molecule has 0 unspecified atom stereocenters. The highest BCUT2D eigenvalue weighted by Crippen LogP contribution is 2.22. The molecule has 21 heavy (non-hydrogen) atoms. The van der Waals surface area contributed by atoms with Crippen molar-refractivity contribution in [2.45, 2.75) is 20.4 Å². The molecule has 0 aliphatic heterocycles. The maximum absolute atomic E-state index is 13.5. The fraction of sp³-hybridized carbons (Fsp3) is 0.167. The summed E-state index contributed by atoms with van der Waals surface area (Å²) in [5.74, 6) is -0.204. The molecule has 0 fully saturated rings. The molecular formula is C18H18FNO. The largest absolute Gasteiger partial charge is 0.380 e. The van der Waals surface area contributed by atoms with Crippen LogP contribution in [0.25, 0.3) is 6.08 Å². The first kappa shape index (κ1) is 15.0. The number of rotatable bonds is 5. The van der Waals surface area contributed by atoms with Crippen molar-refractivity contribution in [1.29, 1.82) is 0 Å². The lowest BCUT2D eigenvalue weighted by molar-refractivity contribution is 0.112. The summed E-state index contributed by atoms with van der Waals surface area (Å²) in [6, 6.07) is 10.6. The Kier molecular flexibility index (Phi) is 4.88. The SMILES string of the molecule is C/C=C\c1c(C=O)cccc1NCc1cccc(F)c1C. The van der Waals surface area contributed by atoms with Crippen LogP contribution in [0.1, 0.15) is 34.0 Å². The van der Waals surface area contributed by atoms with Crippen LogP contribution in [-0.4, -0.2) is 6.29 Å². The molecule has 2 rings (SSSR count). The first-order chi connectivity index (χ1) is 10.2. The summed E-state index contributed by atoms with van der Waals surface area (Å²) in [4.78, 5) is 11.1. The van der Waals surface area contributed by atoms with E-state index >= 15 is 0 Å². The number of carbonyl (C=O) groups excluding carboxylic acids is 1. The van der Waals surface area contributed by atoms with Gasteiger partial charge in [-0.2, -0.15) is 0 Å². The molecule has 0 bridgehead atoms. The van der Waals surface area contributed by atoms with Gasteiger partial charge in [0.25, 0.3) is 0 Å². The van der Waals surface area contributed by atoms with Gasteiger partial charge in [-0.05, 0) is 37.1 Å². The lowest BCUT2D eigenvalue weighted by Gasteiger charge is -2.13. The Hall–Kier alpha value is -2.42. The summed E-state index contributed by atoms with van der Waals surface area (Å²) >= 11 is 0. The zero-order chi connectivity index (χ0) is 15.2. The molecule has 0 aliphatic carbocycles. The third kappa shape index (κ3) is 3.37. The zero-order valence-corrected chi connectivity index (χ0v) is 12.2. The Balaban J connectivity index is 2.28. The van der Waals surface area contributed by atoms with Gasteiger partial charge in [-0.1, -0.05) is 36.4 Å². The number of carbonyl (C=O) groups is 1. The molecule has 0 saturated carbocycles. The van der Waals surface area contributed by atoms with Gasteiger partial charge >= 0.3 is 0 Å². The van der Waals surface area contributed by atoms with Gasteiger partial charge in [0.05, 0.1) is 0 Å². The van der Waals surface area contributed by atoms with Crippen LogP contribution in [0.2, 0.25) is 0 Å². The van der Waals surface area contributed by atoms with Crippen molar-refractivity contribution in [3.8, 4) is 0 Å². The molecule has 0 amide bonds. The first-order valence-corrected chi connectivity index (χ1v) is 6.86. The second-order valence-electron chi connectivity index (χ2n) is 4.80. The van der Waals surface area contributed by atoms with Crippen LogP contribution in [0, 0.1) is 12.7 Å². The van der Waals surface area contributed by atoms with Crippen molar-refractivity contribution < 1.29 is 9.18 Å². The van der Waals surface area contributed by atoms with Gasteiger partial charge in [0.2, 0.25) is 0 Å². The van der Waals surface area contributed by atoms with Crippen molar-refractivity contribution in [2.75, 3.05) is 5.32 Å². The number of anilines is 1. The van der Waals surface area contributed by atoms with E-state index in [2.05, 4.69) is 5.32 Å². The van der Waals surface area contributed by atoms with Gasteiger partial charge in [0.1, 0.15) is 5.82 Å². The van der Waals surface area contributed by atoms with E-state index < -0.39 is 0 Å². The molecule has 2 nitrogen and oxygen atoms in total. The van der Waals surface area contributed by atoms with Crippen LogP contribution in [0.4, 0.5) is 10.1 Å². The van der Waals surface area contributed by atoms with Crippen molar-refractivity contribution in [3.05, 3.63) is 70.5 Å². The van der Waals surface area contributed by atoms with Gasteiger partial charge in [0, 0.05) is 23.4 Å². The molecule has 0 heterocycles. The molecule has 1 N–H and O–H groups in total. The summed E-state index contributed by atoms with van der Waals surface area (Å²) in [7, 11) is 0. The van der Waals surface area contributed by atoms with Crippen LogP contribution in [-0.2, 0) is 6.54 Å². The van der Waals surface area contributed by atoms with Crippen LogP contribution in [0.15, 0.2) is 42.5 Å². The number of allylic oxidation sites excluding steroid dienone is 1. The Morgan fingerprint density at radius 2 is 1.95 bits per heavy atom. The fourth-order valence-corrected chi connectivity index (χ4v) is 2.23. The summed E-state index contributed by atoms with van der Waals surface area (Å²) in [5.41, 5.74) is 3.89. The Bertz CT molecular complexity index is 677. The number of hydrogen-bond donors (Lipinski definition) is 1.